The molecule has 0 radical (unpaired) electrons. The van der Waals surface area contributed by atoms with Gasteiger partial charge in [-0.1, -0.05) is 13.8 Å². The first-order valence-electron chi connectivity index (χ1n) is 6.23. The number of nitrogens with one attached hydrogen (secondary N) is 2. The van der Waals surface area contributed by atoms with Gasteiger partial charge in [0.05, 0.1) is 13.2 Å². The first-order chi connectivity index (χ1) is 7.93. The minimum Gasteiger partial charge on any atom is -0.386 e. The van der Waals surface area contributed by atoms with Gasteiger partial charge in [0.25, 0.3) is 0 Å². The second-order valence-electron chi connectivity index (χ2n) is 5.23. The summed E-state index contributed by atoms with van der Waals surface area (Å²) >= 11 is 0. The molecule has 1 amide bonds. The Bertz CT molecular complexity index is 250. The van der Waals surface area contributed by atoms with Gasteiger partial charge in [0.1, 0.15) is 5.60 Å². The lowest BCUT2D eigenvalue weighted by Gasteiger charge is -2.21. The van der Waals surface area contributed by atoms with Crippen molar-refractivity contribution in [1.82, 2.24) is 10.6 Å². The second-order valence-corrected chi connectivity index (χ2v) is 5.23. The van der Waals surface area contributed by atoms with Crippen LogP contribution in [0.5, 0.6) is 0 Å². The summed E-state index contributed by atoms with van der Waals surface area (Å²) in [6, 6.07) is 0.169. The van der Waals surface area contributed by atoms with Crippen molar-refractivity contribution >= 4 is 5.91 Å². The van der Waals surface area contributed by atoms with E-state index in [0.717, 1.165) is 0 Å². The quantitative estimate of drug-likeness (QED) is 0.609. The second kappa shape index (κ2) is 6.33. The van der Waals surface area contributed by atoms with Crippen LogP contribution in [-0.2, 0) is 9.53 Å². The highest BCUT2D eigenvalue weighted by atomic mass is 16.5. The van der Waals surface area contributed by atoms with Crippen LogP contribution in [0.1, 0.15) is 27.2 Å². The Kier molecular flexibility index (Phi) is 5.36. The van der Waals surface area contributed by atoms with Crippen LogP contribution in [0.4, 0.5) is 0 Å². The van der Waals surface area contributed by atoms with Crippen LogP contribution in [0, 0.1) is 5.92 Å². The fraction of sp³-hybridized carbons (Fsp3) is 0.917. The zero-order chi connectivity index (χ0) is 12.9. The molecule has 1 heterocycles. The minimum absolute atomic E-state index is 0.0336. The minimum atomic E-state index is -0.802. The molecule has 3 N–H and O–H groups in total. The summed E-state index contributed by atoms with van der Waals surface area (Å²) < 4.78 is 5.12. The molecule has 0 aromatic heterocycles. The lowest BCUT2D eigenvalue weighted by molar-refractivity contribution is -0.121. The molecule has 100 valence electrons. The average Bonchev–Trinajstić information content (AvgIpc) is 2.65. The molecule has 1 rings (SSSR count). The Balaban J connectivity index is 2.16. The molecule has 0 aromatic rings. The van der Waals surface area contributed by atoms with Gasteiger partial charge in [-0.2, -0.15) is 0 Å². The molecular weight excluding hydrogens is 220 g/mol. The van der Waals surface area contributed by atoms with Crippen molar-refractivity contribution < 1.29 is 14.6 Å². The molecular formula is C12H24N2O3. The van der Waals surface area contributed by atoms with Gasteiger partial charge in [-0.3, -0.25) is 4.79 Å². The van der Waals surface area contributed by atoms with Crippen LogP contribution in [-0.4, -0.2) is 49.0 Å². The third-order valence-corrected chi connectivity index (χ3v) is 3.21. The number of carbonyl (C=O) groups is 1. The van der Waals surface area contributed by atoms with Crippen LogP contribution in [0.15, 0.2) is 0 Å². The topological polar surface area (TPSA) is 70.6 Å². The van der Waals surface area contributed by atoms with Crippen molar-refractivity contribution in [1.29, 1.82) is 0 Å². The van der Waals surface area contributed by atoms with Crippen molar-refractivity contribution in [3.8, 4) is 0 Å². The van der Waals surface area contributed by atoms with Crippen molar-refractivity contribution in [2.75, 3.05) is 26.3 Å². The Labute approximate surface area is 103 Å². The monoisotopic (exact) mass is 244 g/mol. The predicted molar refractivity (Wildman–Crippen MR) is 65.7 cm³/mol. The van der Waals surface area contributed by atoms with E-state index in [1.165, 1.54) is 0 Å². The maximum Gasteiger partial charge on any atom is 0.234 e. The lowest BCUT2D eigenvalue weighted by Crippen LogP contribution is -2.46. The van der Waals surface area contributed by atoms with Crippen LogP contribution in [0.2, 0.25) is 0 Å². The number of aliphatic hydroxyl groups is 1. The SMILES string of the molecule is CC(C)C(C)NC(=O)CNCC1(O)CCOC1. The number of ether oxygens (including phenoxy) is 1. The Hall–Kier alpha value is -0.650. The van der Waals surface area contributed by atoms with Gasteiger partial charge in [0.2, 0.25) is 5.91 Å². The lowest BCUT2D eigenvalue weighted by atomic mass is 10.0. The molecule has 17 heavy (non-hydrogen) atoms. The zero-order valence-electron chi connectivity index (χ0n) is 11.0. The zero-order valence-corrected chi connectivity index (χ0v) is 11.0. The summed E-state index contributed by atoms with van der Waals surface area (Å²) in [5.41, 5.74) is -0.802. The van der Waals surface area contributed by atoms with Gasteiger partial charge in [-0.15, -0.1) is 0 Å². The molecule has 2 atom stereocenters. The van der Waals surface area contributed by atoms with Crippen LogP contribution in [0.3, 0.4) is 0 Å². The largest absolute Gasteiger partial charge is 0.386 e. The molecule has 0 aromatic carbocycles. The first-order valence-corrected chi connectivity index (χ1v) is 6.23. The average molecular weight is 244 g/mol. The van der Waals surface area contributed by atoms with Gasteiger partial charge in [-0.05, 0) is 12.8 Å². The van der Waals surface area contributed by atoms with Gasteiger partial charge < -0.3 is 20.5 Å². The molecule has 1 aliphatic rings. The maximum absolute atomic E-state index is 11.5. The molecule has 1 fully saturated rings. The van der Waals surface area contributed by atoms with E-state index >= 15 is 0 Å². The van der Waals surface area contributed by atoms with Crippen LogP contribution < -0.4 is 10.6 Å². The van der Waals surface area contributed by atoms with Crippen LogP contribution >= 0.6 is 0 Å². The molecule has 5 nitrogen and oxygen atoms in total. The Morgan fingerprint density at radius 1 is 1.47 bits per heavy atom. The molecule has 1 saturated heterocycles. The Morgan fingerprint density at radius 3 is 2.71 bits per heavy atom. The summed E-state index contributed by atoms with van der Waals surface area (Å²) in [4.78, 5) is 11.5. The van der Waals surface area contributed by atoms with Gasteiger partial charge >= 0.3 is 0 Å². The summed E-state index contributed by atoms with van der Waals surface area (Å²) in [5, 5.41) is 15.8. The van der Waals surface area contributed by atoms with Crippen molar-refractivity contribution in [3.05, 3.63) is 0 Å². The molecule has 0 aliphatic carbocycles. The number of hydrogen-bond donors (Lipinski definition) is 3. The number of hydrogen-bond acceptors (Lipinski definition) is 4. The maximum atomic E-state index is 11.5. The highest BCUT2D eigenvalue weighted by Gasteiger charge is 2.31. The first kappa shape index (κ1) is 14.4. The van der Waals surface area contributed by atoms with E-state index in [0.29, 0.717) is 32.1 Å². The van der Waals surface area contributed by atoms with Gasteiger partial charge in [0, 0.05) is 25.6 Å². The third kappa shape index (κ3) is 5.02. The van der Waals surface area contributed by atoms with E-state index in [1.54, 1.807) is 0 Å². The van der Waals surface area contributed by atoms with Crippen molar-refractivity contribution in [2.45, 2.75) is 38.8 Å². The van der Waals surface area contributed by atoms with E-state index in [2.05, 4.69) is 24.5 Å². The number of carbonyl (C=O) groups excluding carboxylic acids is 1. The number of amides is 1. The molecule has 1 aliphatic heterocycles. The molecule has 0 saturated carbocycles. The fourth-order valence-electron chi connectivity index (χ4n) is 1.62. The molecule has 0 bridgehead atoms. The summed E-state index contributed by atoms with van der Waals surface area (Å²) in [5.74, 6) is 0.389. The van der Waals surface area contributed by atoms with Crippen molar-refractivity contribution in [3.63, 3.8) is 0 Å². The summed E-state index contributed by atoms with van der Waals surface area (Å²) in [6.07, 6.45) is 0.629. The third-order valence-electron chi connectivity index (χ3n) is 3.21. The Morgan fingerprint density at radius 2 is 2.18 bits per heavy atom. The normalized spacial score (nSPS) is 26.2. The molecule has 0 spiro atoms. The summed E-state index contributed by atoms with van der Waals surface area (Å²) in [6.45, 7) is 7.70. The van der Waals surface area contributed by atoms with Crippen molar-refractivity contribution in [2.24, 2.45) is 5.92 Å². The molecule has 2 unspecified atom stereocenters. The predicted octanol–water partition coefficient (Wildman–Crippen LogP) is -0.112. The van der Waals surface area contributed by atoms with E-state index in [-0.39, 0.29) is 18.5 Å². The number of rotatable bonds is 6. The highest BCUT2D eigenvalue weighted by Crippen LogP contribution is 2.16. The highest BCUT2D eigenvalue weighted by molar-refractivity contribution is 5.78. The van der Waals surface area contributed by atoms with Crippen LogP contribution in [0.25, 0.3) is 0 Å². The standard InChI is InChI=1S/C12H24N2O3/c1-9(2)10(3)14-11(15)6-13-7-12(16)4-5-17-8-12/h9-10,13,16H,4-8H2,1-3H3,(H,14,15). The van der Waals surface area contributed by atoms with Gasteiger partial charge in [0.15, 0.2) is 0 Å². The van der Waals surface area contributed by atoms with E-state index < -0.39 is 5.60 Å². The fourth-order valence-corrected chi connectivity index (χ4v) is 1.62. The summed E-state index contributed by atoms with van der Waals surface area (Å²) in [7, 11) is 0. The van der Waals surface area contributed by atoms with Gasteiger partial charge in [-0.25, -0.2) is 0 Å². The molecule has 5 heteroatoms. The van der Waals surface area contributed by atoms with E-state index in [1.807, 2.05) is 6.92 Å². The van der Waals surface area contributed by atoms with E-state index in [4.69, 9.17) is 4.74 Å². The smallest absolute Gasteiger partial charge is 0.234 e. The van der Waals surface area contributed by atoms with E-state index in [9.17, 15) is 9.90 Å².